The summed E-state index contributed by atoms with van der Waals surface area (Å²) in [5.41, 5.74) is 1.39. The number of quaternary nitrogens is 1. The number of rotatable bonds is 4. The van der Waals surface area contributed by atoms with Gasteiger partial charge in [-0.1, -0.05) is 49.6 Å². The zero-order valence-corrected chi connectivity index (χ0v) is 17.6. The fraction of sp³-hybridized carbons (Fsp3) is 0.684. The Morgan fingerprint density at radius 2 is 1.74 bits per heavy atom. The molecule has 4 heteroatoms. The van der Waals surface area contributed by atoms with Crippen molar-refractivity contribution in [1.29, 1.82) is 0 Å². The van der Waals surface area contributed by atoms with E-state index in [1.54, 1.807) is 0 Å². The molecule has 0 amide bonds. The quantitative estimate of drug-likeness (QED) is 0.508. The Morgan fingerprint density at radius 3 is 2.35 bits per heavy atom. The molecule has 0 unspecified atom stereocenters. The van der Waals surface area contributed by atoms with Crippen molar-refractivity contribution in [2.24, 2.45) is 5.92 Å². The molecule has 1 aromatic carbocycles. The topological polar surface area (TPSA) is 9.23 Å². The maximum Gasteiger partial charge on any atom is 0.142 e. The van der Waals surface area contributed by atoms with Crippen molar-refractivity contribution >= 4 is 11.8 Å². The minimum atomic E-state index is -0.0957. The number of hydrogen-bond acceptors (Lipinski definition) is 2. The van der Waals surface area contributed by atoms with Gasteiger partial charge in [-0.05, 0) is 18.4 Å². The summed E-state index contributed by atoms with van der Waals surface area (Å²) >= 11 is 2.07. The van der Waals surface area contributed by atoms with E-state index >= 15 is 0 Å². The Kier molecular flexibility index (Phi) is 6.85. The molecule has 23 heavy (non-hydrogen) atoms. The molecule has 0 N–H and O–H groups in total. The van der Waals surface area contributed by atoms with Crippen LogP contribution in [0.15, 0.2) is 30.3 Å². The van der Waals surface area contributed by atoms with E-state index in [9.17, 15) is 0 Å². The maximum absolute atomic E-state index is 6.80. The van der Waals surface area contributed by atoms with E-state index in [4.69, 9.17) is 4.74 Å². The van der Waals surface area contributed by atoms with Gasteiger partial charge in [-0.3, -0.25) is 0 Å². The molecule has 2 nitrogen and oxygen atoms in total. The highest BCUT2D eigenvalue weighted by atomic mass is 127. The Balaban J connectivity index is 0.00000192. The summed E-state index contributed by atoms with van der Waals surface area (Å²) in [6.45, 7) is 1.09. The molecule has 1 saturated carbocycles. The second-order valence-corrected chi connectivity index (χ2v) is 9.12. The van der Waals surface area contributed by atoms with Crippen molar-refractivity contribution in [2.45, 2.75) is 43.1 Å². The van der Waals surface area contributed by atoms with Crippen LogP contribution < -0.4 is 24.0 Å². The molecule has 1 aliphatic carbocycles. The second-order valence-electron chi connectivity index (χ2n) is 7.89. The monoisotopic (exact) mass is 447 g/mol. The van der Waals surface area contributed by atoms with Crippen LogP contribution in [0.1, 0.15) is 37.7 Å². The van der Waals surface area contributed by atoms with Crippen LogP contribution in [0.25, 0.3) is 0 Å². The summed E-state index contributed by atoms with van der Waals surface area (Å²) in [7, 11) is 6.78. The van der Waals surface area contributed by atoms with Crippen molar-refractivity contribution in [3.05, 3.63) is 35.9 Å². The molecule has 1 aromatic rings. The van der Waals surface area contributed by atoms with E-state index in [-0.39, 0.29) is 28.9 Å². The summed E-state index contributed by atoms with van der Waals surface area (Å²) in [6.07, 6.45) is 7.13. The molecule has 0 spiro atoms. The van der Waals surface area contributed by atoms with E-state index < -0.39 is 0 Å². The minimum Gasteiger partial charge on any atom is -1.00 e. The third kappa shape index (κ3) is 4.65. The Bertz CT molecular complexity index is 484. The molecular weight excluding hydrogens is 417 g/mol. The van der Waals surface area contributed by atoms with E-state index in [2.05, 4.69) is 63.2 Å². The molecule has 3 rings (SSSR count). The average molecular weight is 447 g/mol. The molecular formula is C19H30INOS. The SMILES string of the molecule is C[N+](C)(C)C[C@@H]1CS[C@](c2ccccc2)(C2CCCCC2)O1.[I-]. The number of ether oxygens (including phenoxy) is 1. The van der Waals surface area contributed by atoms with Crippen LogP contribution in [0.3, 0.4) is 0 Å². The van der Waals surface area contributed by atoms with Gasteiger partial charge in [0.05, 0.1) is 21.1 Å². The van der Waals surface area contributed by atoms with Gasteiger partial charge in [0.1, 0.15) is 17.6 Å². The van der Waals surface area contributed by atoms with E-state index in [0.717, 1.165) is 16.8 Å². The summed E-state index contributed by atoms with van der Waals surface area (Å²) in [5, 5.41) is 0. The molecule has 2 atom stereocenters. The third-order valence-corrected chi connectivity index (χ3v) is 6.53. The van der Waals surface area contributed by atoms with E-state index in [0.29, 0.717) is 12.0 Å². The van der Waals surface area contributed by atoms with Gasteiger partial charge in [0.15, 0.2) is 0 Å². The number of nitrogens with zero attached hydrogens (tertiary/aromatic N) is 1. The Labute approximate surface area is 163 Å². The normalized spacial score (nSPS) is 29.3. The van der Waals surface area contributed by atoms with Crippen LogP contribution in [0, 0.1) is 5.92 Å². The van der Waals surface area contributed by atoms with Crippen LogP contribution in [0.5, 0.6) is 0 Å². The smallest absolute Gasteiger partial charge is 0.142 e. The van der Waals surface area contributed by atoms with E-state index in [1.807, 2.05) is 0 Å². The molecule has 1 heterocycles. The van der Waals surface area contributed by atoms with Crippen molar-refractivity contribution in [1.82, 2.24) is 0 Å². The van der Waals surface area contributed by atoms with Crippen molar-refractivity contribution in [2.75, 3.05) is 33.4 Å². The molecule has 2 aliphatic rings. The lowest BCUT2D eigenvalue weighted by Gasteiger charge is -2.39. The molecule has 0 bridgehead atoms. The number of hydrogen-bond donors (Lipinski definition) is 0. The largest absolute Gasteiger partial charge is 1.00 e. The van der Waals surface area contributed by atoms with Crippen LogP contribution in [0.2, 0.25) is 0 Å². The highest BCUT2D eigenvalue weighted by Gasteiger charge is 2.49. The Morgan fingerprint density at radius 1 is 1.09 bits per heavy atom. The van der Waals surface area contributed by atoms with Gasteiger partial charge in [-0.15, -0.1) is 11.8 Å². The van der Waals surface area contributed by atoms with Crippen molar-refractivity contribution in [3.63, 3.8) is 0 Å². The third-order valence-electron chi connectivity index (χ3n) is 4.90. The highest BCUT2D eigenvalue weighted by molar-refractivity contribution is 8.00. The molecule has 0 radical (unpaired) electrons. The van der Waals surface area contributed by atoms with Crippen LogP contribution in [0.4, 0.5) is 0 Å². The fourth-order valence-electron chi connectivity index (χ4n) is 3.99. The van der Waals surface area contributed by atoms with Crippen LogP contribution in [-0.2, 0) is 9.67 Å². The van der Waals surface area contributed by atoms with Crippen LogP contribution >= 0.6 is 11.8 Å². The maximum atomic E-state index is 6.80. The lowest BCUT2D eigenvalue weighted by atomic mass is 9.82. The molecule has 1 aliphatic heterocycles. The highest BCUT2D eigenvalue weighted by Crippen LogP contribution is 2.54. The first-order chi connectivity index (χ1) is 10.5. The first-order valence-electron chi connectivity index (χ1n) is 8.67. The van der Waals surface area contributed by atoms with Gasteiger partial charge in [-0.25, -0.2) is 0 Å². The molecule has 0 aromatic heterocycles. The summed E-state index contributed by atoms with van der Waals surface area (Å²) in [6, 6.07) is 11.0. The second kappa shape index (κ2) is 8.07. The van der Waals surface area contributed by atoms with Gasteiger partial charge in [0.2, 0.25) is 0 Å². The van der Waals surface area contributed by atoms with Gasteiger partial charge in [-0.2, -0.15) is 0 Å². The molecule has 130 valence electrons. The first kappa shape index (κ1) is 19.5. The summed E-state index contributed by atoms with van der Waals surface area (Å²) < 4.78 is 7.77. The van der Waals surface area contributed by atoms with Crippen LogP contribution in [-0.4, -0.2) is 44.0 Å². The fourth-order valence-corrected chi connectivity index (χ4v) is 5.57. The first-order valence-corrected chi connectivity index (χ1v) is 9.66. The average Bonchev–Trinajstić information content (AvgIpc) is 2.92. The summed E-state index contributed by atoms with van der Waals surface area (Å²) in [4.78, 5) is -0.0957. The van der Waals surface area contributed by atoms with Crippen molar-refractivity contribution < 1.29 is 33.2 Å². The zero-order valence-electron chi connectivity index (χ0n) is 14.6. The minimum absolute atomic E-state index is 0. The number of thioether (sulfide) groups is 1. The predicted octanol–water partition coefficient (Wildman–Crippen LogP) is 1.26. The van der Waals surface area contributed by atoms with Gasteiger partial charge >= 0.3 is 0 Å². The molecule has 1 saturated heterocycles. The zero-order chi connectivity index (χ0) is 15.6. The predicted molar refractivity (Wildman–Crippen MR) is 94.9 cm³/mol. The van der Waals surface area contributed by atoms with Gasteiger partial charge in [0, 0.05) is 11.7 Å². The number of halogens is 1. The van der Waals surface area contributed by atoms with E-state index in [1.165, 1.54) is 37.7 Å². The van der Waals surface area contributed by atoms with Gasteiger partial charge in [0.25, 0.3) is 0 Å². The lowest BCUT2D eigenvalue weighted by Crippen LogP contribution is -3.00. The Hall–Kier alpha value is 0.220. The summed E-state index contributed by atoms with van der Waals surface area (Å²) in [5.74, 6) is 1.80. The molecule has 2 fully saturated rings. The number of likely N-dealkylation sites (N-methyl/N-ethyl adjacent to an activating group) is 1. The van der Waals surface area contributed by atoms with Gasteiger partial charge < -0.3 is 33.2 Å². The number of benzene rings is 1. The lowest BCUT2D eigenvalue weighted by molar-refractivity contribution is -0.873. The standard InChI is InChI=1S/C19H30NOS.HI/c1-20(2,3)14-18-15-22-19(21-18,16-10-6-4-7-11-16)17-12-8-5-9-13-17;/h4,6-7,10-11,17-18H,5,8-9,12-15H2,1-3H3;1H/q+1;/p-1/t18-,19-;/m1./s1. The van der Waals surface area contributed by atoms with Crippen molar-refractivity contribution in [3.8, 4) is 0 Å².